The second-order valence-electron chi connectivity index (χ2n) is 4.59. The summed E-state index contributed by atoms with van der Waals surface area (Å²) in [6.07, 6.45) is 1.14. The summed E-state index contributed by atoms with van der Waals surface area (Å²) in [6.45, 7) is 1.81. The molecule has 0 unspecified atom stereocenters. The molecule has 1 aromatic rings. The summed E-state index contributed by atoms with van der Waals surface area (Å²) in [5.41, 5.74) is 7.85. The highest BCUT2D eigenvalue weighted by Crippen LogP contribution is 2.23. The number of rotatable bonds is 4. The normalized spacial score (nSPS) is 14.6. The average molecular weight is 263 g/mol. The highest BCUT2D eigenvalue weighted by molar-refractivity contribution is 5.71. The summed E-state index contributed by atoms with van der Waals surface area (Å²) < 4.78 is 10.2. The van der Waals surface area contributed by atoms with Crippen molar-refractivity contribution in [2.75, 3.05) is 27.3 Å². The van der Waals surface area contributed by atoms with Gasteiger partial charge in [-0.1, -0.05) is 6.08 Å². The molecular weight excluding hydrogens is 246 g/mol. The SMILES string of the molecule is CN(C)Cc1cc(C2=CCOC2)cc(OC(N)=O)n1. The van der Waals surface area contributed by atoms with Crippen LogP contribution in [0.5, 0.6) is 5.88 Å². The van der Waals surface area contributed by atoms with Crippen molar-refractivity contribution in [3.8, 4) is 5.88 Å². The number of nitrogens with two attached hydrogens (primary N) is 1. The Kier molecular flexibility index (Phi) is 4.13. The van der Waals surface area contributed by atoms with Gasteiger partial charge in [-0.05, 0) is 31.3 Å². The molecule has 0 aromatic carbocycles. The van der Waals surface area contributed by atoms with Crippen molar-refractivity contribution in [1.82, 2.24) is 9.88 Å². The van der Waals surface area contributed by atoms with E-state index in [1.54, 1.807) is 6.07 Å². The fraction of sp³-hybridized carbons (Fsp3) is 0.385. The van der Waals surface area contributed by atoms with E-state index < -0.39 is 6.09 Å². The van der Waals surface area contributed by atoms with Gasteiger partial charge in [-0.25, -0.2) is 9.78 Å². The first-order chi connectivity index (χ1) is 9.04. The summed E-state index contributed by atoms with van der Waals surface area (Å²) >= 11 is 0. The number of pyridine rings is 1. The van der Waals surface area contributed by atoms with Crippen LogP contribution in [0.4, 0.5) is 4.79 Å². The number of hydrogen-bond acceptors (Lipinski definition) is 5. The van der Waals surface area contributed by atoms with Crippen LogP contribution in [0.15, 0.2) is 18.2 Å². The van der Waals surface area contributed by atoms with Crippen LogP contribution in [0.2, 0.25) is 0 Å². The molecule has 6 nitrogen and oxygen atoms in total. The second-order valence-corrected chi connectivity index (χ2v) is 4.59. The Balaban J connectivity index is 2.33. The van der Waals surface area contributed by atoms with Gasteiger partial charge in [0.05, 0.1) is 18.9 Å². The van der Waals surface area contributed by atoms with Crippen molar-refractivity contribution in [3.05, 3.63) is 29.5 Å². The van der Waals surface area contributed by atoms with Gasteiger partial charge in [-0.2, -0.15) is 0 Å². The van der Waals surface area contributed by atoms with Crippen LogP contribution in [0.1, 0.15) is 11.3 Å². The summed E-state index contributed by atoms with van der Waals surface area (Å²) in [7, 11) is 3.89. The van der Waals surface area contributed by atoms with Gasteiger partial charge in [0, 0.05) is 12.6 Å². The lowest BCUT2D eigenvalue weighted by atomic mass is 10.1. The van der Waals surface area contributed by atoms with Crippen molar-refractivity contribution < 1.29 is 14.3 Å². The highest BCUT2D eigenvalue weighted by Gasteiger charge is 2.13. The van der Waals surface area contributed by atoms with Gasteiger partial charge in [-0.3, -0.25) is 0 Å². The Bertz CT molecular complexity index is 512. The Hall–Kier alpha value is -1.92. The molecule has 0 atom stereocenters. The fourth-order valence-electron chi connectivity index (χ4n) is 1.89. The van der Waals surface area contributed by atoms with Crippen molar-refractivity contribution in [2.45, 2.75) is 6.54 Å². The standard InChI is InChI=1S/C13H17N3O3/c1-16(2)7-11-5-10(9-3-4-18-8-9)6-12(15-11)19-13(14)17/h3,5-6H,4,7-8H2,1-2H3,(H2,14,17). The van der Waals surface area contributed by atoms with Crippen molar-refractivity contribution in [1.29, 1.82) is 0 Å². The maximum atomic E-state index is 10.8. The number of carbonyl (C=O) groups excluding carboxylic acids is 1. The zero-order valence-electron chi connectivity index (χ0n) is 11.0. The maximum absolute atomic E-state index is 10.8. The predicted molar refractivity (Wildman–Crippen MR) is 70.6 cm³/mol. The molecule has 0 saturated carbocycles. The lowest BCUT2D eigenvalue weighted by Crippen LogP contribution is -2.18. The number of hydrogen-bond donors (Lipinski definition) is 1. The predicted octanol–water partition coefficient (Wildman–Crippen LogP) is 1.01. The minimum Gasteiger partial charge on any atom is -0.391 e. The third-order valence-electron chi connectivity index (χ3n) is 2.61. The molecular formula is C13H17N3O3. The molecule has 1 aliphatic heterocycles. The van der Waals surface area contributed by atoms with E-state index in [1.807, 2.05) is 31.1 Å². The summed E-state index contributed by atoms with van der Waals surface area (Å²) in [5.74, 6) is 0.217. The second kappa shape index (κ2) is 5.81. The van der Waals surface area contributed by atoms with Gasteiger partial charge in [0.1, 0.15) is 0 Å². The zero-order valence-corrected chi connectivity index (χ0v) is 11.0. The van der Waals surface area contributed by atoms with E-state index in [0.717, 1.165) is 16.8 Å². The van der Waals surface area contributed by atoms with Crippen LogP contribution < -0.4 is 10.5 Å². The van der Waals surface area contributed by atoms with Gasteiger partial charge in [-0.15, -0.1) is 0 Å². The van der Waals surface area contributed by atoms with E-state index in [9.17, 15) is 4.79 Å². The topological polar surface area (TPSA) is 77.7 Å². The molecule has 0 radical (unpaired) electrons. The minimum atomic E-state index is -0.864. The molecule has 1 amide bonds. The highest BCUT2D eigenvalue weighted by atomic mass is 16.6. The summed E-state index contributed by atoms with van der Waals surface area (Å²) in [5, 5.41) is 0. The van der Waals surface area contributed by atoms with E-state index in [2.05, 4.69) is 4.98 Å². The van der Waals surface area contributed by atoms with E-state index in [4.69, 9.17) is 15.2 Å². The molecule has 6 heteroatoms. The van der Waals surface area contributed by atoms with E-state index in [0.29, 0.717) is 19.8 Å². The molecule has 2 heterocycles. The van der Waals surface area contributed by atoms with Crippen molar-refractivity contribution in [3.63, 3.8) is 0 Å². The van der Waals surface area contributed by atoms with Gasteiger partial charge in [0.25, 0.3) is 0 Å². The molecule has 0 bridgehead atoms. The molecule has 1 aliphatic rings. The first-order valence-electron chi connectivity index (χ1n) is 5.94. The van der Waals surface area contributed by atoms with Crippen LogP contribution in [-0.2, 0) is 11.3 Å². The van der Waals surface area contributed by atoms with E-state index in [-0.39, 0.29) is 5.88 Å². The quantitative estimate of drug-likeness (QED) is 0.877. The van der Waals surface area contributed by atoms with E-state index >= 15 is 0 Å². The van der Waals surface area contributed by atoms with Gasteiger partial charge < -0.3 is 20.1 Å². The van der Waals surface area contributed by atoms with Crippen LogP contribution in [-0.4, -0.2) is 43.3 Å². The smallest absolute Gasteiger partial charge is 0.391 e. The van der Waals surface area contributed by atoms with Gasteiger partial charge >= 0.3 is 6.09 Å². The third-order valence-corrected chi connectivity index (χ3v) is 2.61. The summed E-state index contributed by atoms with van der Waals surface area (Å²) in [6, 6.07) is 3.67. The van der Waals surface area contributed by atoms with E-state index in [1.165, 1.54) is 0 Å². The van der Waals surface area contributed by atoms with Gasteiger partial charge in [0.2, 0.25) is 5.88 Å². The van der Waals surface area contributed by atoms with Crippen molar-refractivity contribution in [2.24, 2.45) is 5.73 Å². The molecule has 0 fully saturated rings. The molecule has 102 valence electrons. The Labute approximate surface area is 111 Å². The summed E-state index contributed by atoms with van der Waals surface area (Å²) in [4.78, 5) is 17.1. The van der Waals surface area contributed by atoms with Crippen molar-refractivity contribution >= 4 is 11.7 Å². The largest absolute Gasteiger partial charge is 0.411 e. The fourth-order valence-corrected chi connectivity index (χ4v) is 1.89. The number of amides is 1. The minimum absolute atomic E-state index is 0.217. The van der Waals surface area contributed by atoms with Crippen LogP contribution >= 0.6 is 0 Å². The number of ether oxygens (including phenoxy) is 2. The average Bonchev–Trinajstić information content (AvgIpc) is 2.79. The zero-order chi connectivity index (χ0) is 13.8. The molecule has 19 heavy (non-hydrogen) atoms. The molecule has 0 spiro atoms. The Morgan fingerprint density at radius 3 is 2.89 bits per heavy atom. The third kappa shape index (κ3) is 3.77. The maximum Gasteiger partial charge on any atom is 0.411 e. The first-order valence-corrected chi connectivity index (χ1v) is 5.94. The molecule has 0 saturated heterocycles. The van der Waals surface area contributed by atoms with Crippen LogP contribution in [0, 0.1) is 0 Å². The molecule has 1 aromatic heterocycles. The van der Waals surface area contributed by atoms with Gasteiger partial charge in [0.15, 0.2) is 0 Å². The molecule has 2 N–H and O–H groups in total. The number of primary amides is 1. The number of nitrogens with zero attached hydrogens (tertiary/aromatic N) is 2. The molecule has 2 rings (SSSR count). The lowest BCUT2D eigenvalue weighted by molar-refractivity contribution is 0.208. The van der Waals surface area contributed by atoms with Crippen LogP contribution in [0.25, 0.3) is 5.57 Å². The first kappa shape index (κ1) is 13.5. The Morgan fingerprint density at radius 1 is 1.53 bits per heavy atom. The monoisotopic (exact) mass is 263 g/mol. The number of aromatic nitrogens is 1. The van der Waals surface area contributed by atoms with Crippen LogP contribution in [0.3, 0.4) is 0 Å². The number of carbonyl (C=O) groups is 1. The Morgan fingerprint density at radius 2 is 2.32 bits per heavy atom. The lowest BCUT2D eigenvalue weighted by Gasteiger charge is -2.12. The molecule has 0 aliphatic carbocycles.